The molecule has 2 aliphatic carbocycles. The molecule has 2 fully saturated rings. The summed E-state index contributed by atoms with van der Waals surface area (Å²) in [6.45, 7) is 4.28. The Morgan fingerprint density at radius 2 is 1.86 bits per heavy atom. The van der Waals surface area contributed by atoms with Gasteiger partial charge in [-0.05, 0) is 47.9 Å². The molecule has 1 aromatic carbocycles. The number of alkyl halides is 1. The van der Waals surface area contributed by atoms with Gasteiger partial charge in [-0.25, -0.2) is 13.2 Å². The van der Waals surface area contributed by atoms with E-state index in [9.17, 15) is 18.0 Å². The first-order valence-electron chi connectivity index (χ1n) is 9.53. The fourth-order valence-corrected chi connectivity index (χ4v) is 5.52. The molecular weight excluding hydrogens is 367 g/mol. The van der Waals surface area contributed by atoms with E-state index >= 15 is 0 Å². The maximum atomic E-state index is 14.2. The van der Waals surface area contributed by atoms with Crippen LogP contribution in [-0.4, -0.2) is 40.3 Å². The highest BCUT2D eigenvalue weighted by molar-refractivity contribution is 5.92. The molecule has 2 bridgehead atoms. The highest BCUT2D eigenvalue weighted by atomic mass is 19.1. The van der Waals surface area contributed by atoms with Gasteiger partial charge in [0, 0.05) is 0 Å². The van der Waals surface area contributed by atoms with Crippen LogP contribution in [0, 0.1) is 17.0 Å². The third-order valence-electron chi connectivity index (χ3n) is 7.09. The molecule has 1 amide bonds. The highest BCUT2D eigenvalue weighted by Crippen LogP contribution is 2.68. The maximum Gasteiger partial charge on any atom is 0.235 e. The lowest BCUT2D eigenvalue weighted by Crippen LogP contribution is -2.60. The van der Waals surface area contributed by atoms with Crippen LogP contribution in [0.3, 0.4) is 0 Å². The van der Waals surface area contributed by atoms with Crippen LogP contribution in [-0.2, 0) is 10.2 Å². The maximum absolute atomic E-state index is 14.2. The Balaban J connectivity index is 1.64. The van der Waals surface area contributed by atoms with Gasteiger partial charge in [0.15, 0.2) is 0 Å². The van der Waals surface area contributed by atoms with E-state index in [-0.39, 0.29) is 36.2 Å². The number of amides is 1. The zero-order valence-corrected chi connectivity index (χ0v) is 15.7. The third kappa shape index (κ3) is 1.99. The second kappa shape index (κ2) is 5.55. The Bertz CT molecular complexity index is 982. The van der Waals surface area contributed by atoms with Gasteiger partial charge in [0.25, 0.3) is 0 Å². The van der Waals surface area contributed by atoms with Crippen LogP contribution in [0.1, 0.15) is 43.9 Å². The average molecular weight is 387 g/mol. The van der Waals surface area contributed by atoms with Crippen molar-refractivity contribution in [3.63, 3.8) is 0 Å². The Hall–Kier alpha value is -2.44. The molecule has 1 unspecified atom stereocenters. The number of carbonyl (C=O) groups is 1. The van der Waals surface area contributed by atoms with E-state index in [4.69, 9.17) is 0 Å². The zero-order valence-electron chi connectivity index (χ0n) is 15.7. The number of halogens is 3. The molecule has 28 heavy (non-hydrogen) atoms. The summed E-state index contributed by atoms with van der Waals surface area (Å²) in [6.07, 6.45) is 0.439. The normalized spacial score (nSPS) is 27.6. The minimum atomic E-state index is -0.973. The van der Waals surface area contributed by atoms with Crippen molar-refractivity contribution in [1.29, 1.82) is 0 Å². The van der Waals surface area contributed by atoms with Gasteiger partial charge in [0.2, 0.25) is 5.91 Å². The van der Waals surface area contributed by atoms with E-state index in [1.165, 1.54) is 18.2 Å². The van der Waals surface area contributed by atoms with Crippen LogP contribution in [0.4, 0.5) is 13.2 Å². The van der Waals surface area contributed by atoms with Crippen molar-refractivity contribution in [2.75, 3.05) is 13.1 Å². The molecule has 1 saturated heterocycles. The number of hydrogen-bond acceptors (Lipinski definition) is 3. The van der Waals surface area contributed by atoms with Crippen molar-refractivity contribution in [2.45, 2.75) is 44.2 Å². The molecule has 2 heterocycles. The van der Waals surface area contributed by atoms with Gasteiger partial charge in [-0.2, -0.15) is 5.10 Å². The highest BCUT2D eigenvalue weighted by Gasteiger charge is 2.68. The molecule has 1 aliphatic heterocycles. The van der Waals surface area contributed by atoms with Crippen LogP contribution in [0.2, 0.25) is 0 Å². The monoisotopic (exact) mass is 387 g/mol. The molecule has 1 saturated carbocycles. The Morgan fingerprint density at radius 3 is 2.50 bits per heavy atom. The van der Waals surface area contributed by atoms with Gasteiger partial charge in [-0.1, -0.05) is 19.9 Å². The second-order valence-corrected chi connectivity index (χ2v) is 8.66. The number of rotatable bonds is 2. The topological polar surface area (TPSA) is 46.1 Å². The molecule has 146 valence electrons. The van der Waals surface area contributed by atoms with Crippen LogP contribution in [0.25, 0.3) is 11.3 Å². The lowest BCUT2D eigenvalue weighted by atomic mass is 9.67. The quantitative estimate of drug-likeness (QED) is 0.788. The zero-order chi connectivity index (χ0) is 19.8. The summed E-state index contributed by atoms with van der Waals surface area (Å²) >= 11 is 0. The number of hydrogen-bond donors (Lipinski definition) is 0. The number of likely N-dealkylation sites (tertiary alicyclic amines) is 1. The minimum Gasteiger partial charge on any atom is -0.336 e. The third-order valence-corrected chi connectivity index (χ3v) is 7.09. The number of carbonyl (C=O) groups excluding carboxylic acids is 1. The van der Waals surface area contributed by atoms with Crippen molar-refractivity contribution >= 4 is 5.91 Å². The fourth-order valence-electron chi connectivity index (χ4n) is 5.52. The molecule has 2 atom stereocenters. The second-order valence-electron chi connectivity index (χ2n) is 8.66. The summed E-state index contributed by atoms with van der Waals surface area (Å²) in [7, 11) is 0. The van der Waals surface area contributed by atoms with E-state index < -0.39 is 28.6 Å². The molecular formula is C21H20F3N3O. The van der Waals surface area contributed by atoms with Crippen LogP contribution < -0.4 is 0 Å². The SMILES string of the molecule is CC1(C)[C@@H]2CCC1(C(=O)N1CC(F)C1)c1nnc(-c3c(F)cccc3F)cc12. The summed E-state index contributed by atoms with van der Waals surface area (Å²) < 4.78 is 41.8. The minimum absolute atomic E-state index is 0.0398. The summed E-state index contributed by atoms with van der Waals surface area (Å²) in [6, 6.07) is 5.36. The predicted octanol–water partition coefficient (Wildman–Crippen LogP) is 3.76. The average Bonchev–Trinajstić information content (AvgIpc) is 3.00. The van der Waals surface area contributed by atoms with Gasteiger partial charge in [0.05, 0.1) is 35.5 Å². The summed E-state index contributed by atoms with van der Waals surface area (Å²) in [5.74, 6) is -1.46. The Kier molecular flexibility index (Phi) is 3.50. The van der Waals surface area contributed by atoms with Crippen LogP contribution >= 0.6 is 0 Å². The molecule has 1 aromatic heterocycles. The Morgan fingerprint density at radius 1 is 1.18 bits per heavy atom. The number of aromatic nitrogens is 2. The number of benzene rings is 1. The van der Waals surface area contributed by atoms with Crippen molar-refractivity contribution in [3.05, 3.63) is 47.2 Å². The molecule has 0 spiro atoms. The van der Waals surface area contributed by atoms with Gasteiger partial charge >= 0.3 is 0 Å². The van der Waals surface area contributed by atoms with Crippen LogP contribution in [0.5, 0.6) is 0 Å². The van der Waals surface area contributed by atoms with Gasteiger partial charge in [0.1, 0.15) is 17.8 Å². The Labute approximate surface area is 160 Å². The standard InChI is InChI=1S/C21H20F3N3O/c1-20(2)13-6-7-21(20,19(28)27-9-11(22)10-27)18-12(13)8-16(25-26-18)17-14(23)4-3-5-15(17)24/h3-5,8,11,13H,6-7,9-10H2,1-2H3/t13-,21?/m1/s1. The van der Waals surface area contributed by atoms with Crippen molar-refractivity contribution in [3.8, 4) is 11.3 Å². The van der Waals surface area contributed by atoms with Gasteiger partial charge < -0.3 is 4.90 Å². The van der Waals surface area contributed by atoms with Crippen LogP contribution in [0.15, 0.2) is 24.3 Å². The first kappa shape index (κ1) is 17.6. The van der Waals surface area contributed by atoms with Crippen molar-refractivity contribution in [2.24, 2.45) is 5.41 Å². The van der Waals surface area contributed by atoms with E-state index in [0.717, 1.165) is 12.0 Å². The van der Waals surface area contributed by atoms with Gasteiger partial charge in [-0.15, -0.1) is 5.10 Å². The smallest absolute Gasteiger partial charge is 0.235 e. The first-order chi connectivity index (χ1) is 13.3. The summed E-state index contributed by atoms with van der Waals surface area (Å²) in [5, 5.41) is 8.42. The molecule has 2 aromatic rings. The molecule has 3 aliphatic rings. The van der Waals surface area contributed by atoms with Crippen molar-refractivity contribution < 1.29 is 18.0 Å². The lowest BCUT2D eigenvalue weighted by molar-refractivity contribution is -0.148. The van der Waals surface area contributed by atoms with E-state index in [0.29, 0.717) is 12.1 Å². The lowest BCUT2D eigenvalue weighted by Gasteiger charge is -2.44. The summed E-state index contributed by atoms with van der Waals surface area (Å²) in [5.41, 5.74) is 0.0624. The first-order valence-corrected chi connectivity index (χ1v) is 9.53. The van der Waals surface area contributed by atoms with E-state index in [1.54, 1.807) is 11.0 Å². The van der Waals surface area contributed by atoms with E-state index in [2.05, 4.69) is 10.2 Å². The summed E-state index contributed by atoms with van der Waals surface area (Å²) in [4.78, 5) is 14.9. The molecule has 4 nitrogen and oxygen atoms in total. The number of nitrogens with zero attached hydrogens (tertiary/aromatic N) is 3. The molecule has 0 N–H and O–H groups in total. The molecule has 5 rings (SSSR count). The molecule has 7 heteroatoms. The number of fused-ring (bicyclic) bond motifs is 5. The fraction of sp³-hybridized carbons (Fsp3) is 0.476. The largest absolute Gasteiger partial charge is 0.336 e. The van der Waals surface area contributed by atoms with E-state index in [1.807, 2.05) is 13.8 Å². The van der Waals surface area contributed by atoms with Crippen molar-refractivity contribution in [1.82, 2.24) is 15.1 Å². The molecule has 0 radical (unpaired) electrons. The van der Waals surface area contributed by atoms with Gasteiger partial charge in [-0.3, -0.25) is 4.79 Å². The predicted molar refractivity (Wildman–Crippen MR) is 96.3 cm³/mol.